The van der Waals surface area contributed by atoms with Gasteiger partial charge in [0.15, 0.2) is 14.3 Å². The molecule has 0 atom stereocenters. The predicted molar refractivity (Wildman–Crippen MR) is 74.8 cm³/mol. The van der Waals surface area contributed by atoms with E-state index in [1.165, 1.54) is 24.4 Å². The van der Waals surface area contributed by atoms with Gasteiger partial charge in [-0.3, -0.25) is 9.71 Å². The van der Waals surface area contributed by atoms with E-state index >= 15 is 0 Å². The van der Waals surface area contributed by atoms with Crippen LogP contribution in [-0.4, -0.2) is 18.4 Å². The highest BCUT2D eigenvalue weighted by molar-refractivity contribution is 7.94. The maximum atomic E-state index is 12.1. The van der Waals surface area contributed by atoms with Crippen molar-refractivity contribution in [3.8, 4) is 0 Å². The molecular weight excluding hydrogens is 326 g/mol. The van der Waals surface area contributed by atoms with Crippen LogP contribution < -0.4 is 10.5 Å². The first-order chi connectivity index (χ1) is 9.44. The molecule has 7 nitrogen and oxygen atoms in total. The Bertz CT molecular complexity index is 941. The van der Waals surface area contributed by atoms with Crippen molar-refractivity contribution in [1.82, 2.24) is 9.97 Å². The highest BCUT2D eigenvalue weighted by Crippen LogP contribution is 2.25. The molecule has 0 bridgehead atoms. The van der Waals surface area contributed by atoms with Crippen LogP contribution in [0.1, 0.15) is 0 Å². The Morgan fingerprint density at radius 2 is 2.20 bits per heavy atom. The van der Waals surface area contributed by atoms with Crippen molar-refractivity contribution in [1.29, 1.82) is 0 Å². The van der Waals surface area contributed by atoms with Crippen LogP contribution in [0.2, 0.25) is 4.47 Å². The minimum absolute atomic E-state index is 0.00304. The van der Waals surface area contributed by atoms with Gasteiger partial charge >= 0.3 is 5.76 Å². The summed E-state index contributed by atoms with van der Waals surface area (Å²) in [4.78, 5) is 17.1. The predicted octanol–water partition coefficient (Wildman–Crippen LogP) is 2.03. The number of nitrogens with one attached hydrogen (secondary N) is 2. The van der Waals surface area contributed by atoms with E-state index in [0.29, 0.717) is 16.8 Å². The Morgan fingerprint density at radius 3 is 2.90 bits per heavy atom. The molecule has 0 saturated heterocycles. The molecule has 0 saturated carbocycles. The van der Waals surface area contributed by atoms with E-state index in [4.69, 9.17) is 16.0 Å². The molecule has 0 unspecified atom stereocenters. The van der Waals surface area contributed by atoms with Gasteiger partial charge in [0.2, 0.25) is 0 Å². The number of benzene rings is 1. The van der Waals surface area contributed by atoms with Crippen molar-refractivity contribution in [3.63, 3.8) is 0 Å². The summed E-state index contributed by atoms with van der Waals surface area (Å²) in [5.74, 6) is -0.603. The fraction of sp³-hybridized carbons (Fsp3) is 0. The number of aromatic nitrogens is 2. The first-order valence-corrected chi connectivity index (χ1v) is 7.89. The smallest absolute Gasteiger partial charge is 0.408 e. The number of aromatic amines is 1. The number of oxazole rings is 1. The third kappa shape index (κ3) is 2.42. The molecule has 0 amide bonds. The number of rotatable bonds is 3. The summed E-state index contributed by atoms with van der Waals surface area (Å²) in [5, 5.41) is 0. The number of anilines is 1. The molecule has 1 aromatic carbocycles. The summed E-state index contributed by atoms with van der Waals surface area (Å²) in [6, 6.07) is 4.43. The molecular formula is C10H6ClN3O4S2. The lowest BCUT2D eigenvalue weighted by atomic mass is 10.3. The van der Waals surface area contributed by atoms with Crippen molar-refractivity contribution < 1.29 is 12.8 Å². The zero-order valence-electron chi connectivity index (χ0n) is 9.58. The van der Waals surface area contributed by atoms with Gasteiger partial charge in [0.05, 0.1) is 17.4 Å². The van der Waals surface area contributed by atoms with Gasteiger partial charge in [0.25, 0.3) is 10.0 Å². The van der Waals surface area contributed by atoms with Crippen LogP contribution in [0.25, 0.3) is 11.1 Å². The Kier molecular flexibility index (Phi) is 3.04. The van der Waals surface area contributed by atoms with Crippen LogP contribution in [-0.2, 0) is 10.0 Å². The molecule has 3 rings (SSSR count). The molecule has 0 aliphatic heterocycles. The van der Waals surface area contributed by atoms with E-state index in [-0.39, 0.29) is 8.68 Å². The molecule has 2 aromatic heterocycles. The van der Waals surface area contributed by atoms with Gasteiger partial charge in [0.1, 0.15) is 0 Å². The van der Waals surface area contributed by atoms with Crippen LogP contribution in [0.15, 0.2) is 37.8 Å². The molecule has 0 fully saturated rings. The van der Waals surface area contributed by atoms with E-state index < -0.39 is 15.8 Å². The second kappa shape index (κ2) is 4.62. The number of hydrogen-bond donors (Lipinski definition) is 2. The third-order valence-corrected chi connectivity index (χ3v) is 5.35. The maximum Gasteiger partial charge on any atom is 0.417 e. The molecule has 20 heavy (non-hydrogen) atoms. The fourth-order valence-electron chi connectivity index (χ4n) is 1.58. The normalized spacial score (nSPS) is 11.8. The Hall–Kier alpha value is -1.84. The third-order valence-electron chi connectivity index (χ3n) is 2.39. The van der Waals surface area contributed by atoms with Gasteiger partial charge in [-0.2, -0.15) is 0 Å². The lowest BCUT2D eigenvalue weighted by Crippen LogP contribution is -2.11. The average Bonchev–Trinajstić information content (AvgIpc) is 2.93. The van der Waals surface area contributed by atoms with Gasteiger partial charge in [-0.1, -0.05) is 22.9 Å². The van der Waals surface area contributed by atoms with Crippen molar-refractivity contribution in [2.24, 2.45) is 0 Å². The van der Waals surface area contributed by atoms with Crippen LogP contribution in [0.3, 0.4) is 0 Å². The quantitative estimate of drug-likeness (QED) is 0.764. The average molecular weight is 332 g/mol. The molecule has 2 heterocycles. The standard InChI is InChI=1S/C10H6ClN3O4S2/c11-9-12-4-8(19-9)20(16,17)14-5-1-2-7-6(3-5)13-10(15)18-7/h1-4,14H,(H,13,15). The number of sulfonamides is 1. The monoisotopic (exact) mass is 331 g/mol. The Labute approximate surface area is 121 Å². The summed E-state index contributed by atoms with van der Waals surface area (Å²) in [5.41, 5.74) is 1.04. The minimum Gasteiger partial charge on any atom is -0.408 e. The van der Waals surface area contributed by atoms with Gasteiger partial charge in [-0.25, -0.2) is 18.2 Å². The number of halogens is 1. The van der Waals surface area contributed by atoms with E-state index in [0.717, 1.165) is 11.3 Å². The molecule has 0 aliphatic rings. The number of thiazole rings is 1. The zero-order valence-corrected chi connectivity index (χ0v) is 12.0. The fourth-order valence-corrected chi connectivity index (χ4v) is 3.93. The Balaban J connectivity index is 1.98. The highest BCUT2D eigenvalue weighted by atomic mass is 35.5. The molecule has 3 aromatic rings. The largest absolute Gasteiger partial charge is 0.417 e. The van der Waals surface area contributed by atoms with Crippen molar-refractivity contribution in [2.75, 3.05) is 4.72 Å². The molecule has 0 spiro atoms. The topological polar surface area (TPSA) is 105 Å². The van der Waals surface area contributed by atoms with Crippen molar-refractivity contribution >= 4 is 49.7 Å². The molecule has 0 radical (unpaired) electrons. The number of fused-ring (bicyclic) bond motifs is 1. The second-order valence-corrected chi connectivity index (χ2v) is 7.29. The van der Waals surface area contributed by atoms with Crippen LogP contribution >= 0.6 is 22.9 Å². The molecule has 2 N–H and O–H groups in total. The molecule has 10 heteroatoms. The number of H-pyrrole nitrogens is 1. The first-order valence-electron chi connectivity index (χ1n) is 5.21. The van der Waals surface area contributed by atoms with Gasteiger partial charge in [-0.15, -0.1) is 0 Å². The first kappa shape index (κ1) is 13.2. The van der Waals surface area contributed by atoms with Gasteiger partial charge in [0, 0.05) is 0 Å². The molecule has 104 valence electrons. The summed E-state index contributed by atoms with van der Waals surface area (Å²) in [7, 11) is -3.76. The number of nitrogens with zero attached hydrogens (tertiary/aromatic N) is 1. The number of hydrogen-bond acceptors (Lipinski definition) is 6. The second-order valence-electron chi connectivity index (χ2n) is 3.76. The zero-order chi connectivity index (χ0) is 14.3. The summed E-state index contributed by atoms with van der Waals surface area (Å²) >= 11 is 6.46. The summed E-state index contributed by atoms with van der Waals surface area (Å²) < 4.78 is 31.5. The van der Waals surface area contributed by atoms with E-state index in [1.54, 1.807) is 0 Å². The lowest BCUT2D eigenvalue weighted by Gasteiger charge is -2.05. The van der Waals surface area contributed by atoms with Crippen LogP contribution in [0.5, 0.6) is 0 Å². The van der Waals surface area contributed by atoms with Crippen molar-refractivity contribution in [2.45, 2.75) is 4.21 Å². The van der Waals surface area contributed by atoms with Crippen molar-refractivity contribution in [3.05, 3.63) is 39.4 Å². The SMILES string of the molecule is O=c1[nH]c2cc(NS(=O)(=O)c3cnc(Cl)s3)ccc2o1. The van der Waals surface area contributed by atoms with Crippen LogP contribution in [0, 0.1) is 0 Å². The lowest BCUT2D eigenvalue weighted by molar-refractivity contribution is 0.555. The van der Waals surface area contributed by atoms with Gasteiger partial charge in [-0.05, 0) is 18.2 Å². The highest BCUT2D eigenvalue weighted by Gasteiger charge is 2.18. The molecule has 0 aliphatic carbocycles. The minimum atomic E-state index is -3.76. The summed E-state index contributed by atoms with van der Waals surface area (Å²) in [6.07, 6.45) is 1.17. The summed E-state index contributed by atoms with van der Waals surface area (Å²) in [6.45, 7) is 0. The Morgan fingerprint density at radius 1 is 1.40 bits per heavy atom. The maximum absolute atomic E-state index is 12.1. The van der Waals surface area contributed by atoms with Gasteiger partial charge < -0.3 is 4.42 Å². The van der Waals surface area contributed by atoms with Crippen LogP contribution in [0.4, 0.5) is 5.69 Å². The van der Waals surface area contributed by atoms with E-state index in [2.05, 4.69) is 14.7 Å². The van der Waals surface area contributed by atoms with E-state index in [9.17, 15) is 13.2 Å². The van der Waals surface area contributed by atoms with E-state index in [1.807, 2.05) is 0 Å².